The van der Waals surface area contributed by atoms with Gasteiger partial charge in [-0.1, -0.05) is 20.8 Å². The van der Waals surface area contributed by atoms with Gasteiger partial charge in [-0.15, -0.1) is 0 Å². The van der Waals surface area contributed by atoms with Crippen LogP contribution in [0.4, 0.5) is 0 Å². The quantitative estimate of drug-likeness (QED) is 0.307. The second-order valence-corrected chi connectivity index (χ2v) is 3.22. The number of amides is 1. The van der Waals surface area contributed by atoms with Crippen LogP contribution in [0.2, 0.25) is 0 Å². The number of carbonyl (C=O) groups excluding carboxylic acids is 1. The van der Waals surface area contributed by atoms with Crippen molar-refractivity contribution in [3.63, 3.8) is 0 Å². The third-order valence-corrected chi connectivity index (χ3v) is 1.00. The molecule has 0 rings (SSSR count). The standard InChI is InChI=1S/C5H11NO2S/c1-5(2,3)4(7)6(8)9/h8-9H,1-3H3. The Morgan fingerprint density at radius 1 is 1.56 bits per heavy atom. The van der Waals surface area contributed by atoms with E-state index in [0.29, 0.717) is 4.47 Å². The zero-order chi connectivity index (χ0) is 7.65. The topological polar surface area (TPSA) is 40.5 Å². The number of thiol groups is 1. The first kappa shape index (κ1) is 8.78. The fraction of sp³-hybridized carbons (Fsp3) is 0.800. The molecule has 0 aliphatic rings. The van der Waals surface area contributed by atoms with Crippen LogP contribution in [-0.2, 0) is 4.79 Å². The molecule has 1 N–H and O–H groups in total. The molecule has 0 aliphatic heterocycles. The van der Waals surface area contributed by atoms with Crippen LogP contribution in [0.5, 0.6) is 0 Å². The molecule has 0 unspecified atom stereocenters. The number of nitrogens with zero attached hydrogens (tertiary/aromatic N) is 1. The van der Waals surface area contributed by atoms with Crippen LogP contribution in [0.1, 0.15) is 20.8 Å². The minimum absolute atomic E-state index is 0.306. The number of hydrogen-bond acceptors (Lipinski definition) is 3. The third kappa shape index (κ3) is 2.72. The van der Waals surface area contributed by atoms with E-state index < -0.39 is 11.3 Å². The molecular formula is C5H11NO2S. The van der Waals surface area contributed by atoms with E-state index in [0.717, 1.165) is 0 Å². The van der Waals surface area contributed by atoms with Gasteiger partial charge in [0, 0.05) is 5.41 Å². The first-order valence-corrected chi connectivity index (χ1v) is 2.98. The highest BCUT2D eigenvalue weighted by Crippen LogP contribution is 2.16. The summed E-state index contributed by atoms with van der Waals surface area (Å²) in [6.45, 7) is 5.11. The molecule has 0 radical (unpaired) electrons. The molecule has 0 aliphatic carbocycles. The average Bonchev–Trinajstić information content (AvgIpc) is 1.62. The van der Waals surface area contributed by atoms with Gasteiger partial charge in [0.15, 0.2) is 0 Å². The molecule has 4 heteroatoms. The summed E-state index contributed by atoms with van der Waals surface area (Å²) in [7, 11) is 0. The molecule has 0 atom stereocenters. The summed E-state index contributed by atoms with van der Waals surface area (Å²) in [6, 6.07) is 0. The molecule has 0 aromatic rings. The van der Waals surface area contributed by atoms with Crippen molar-refractivity contribution >= 4 is 18.7 Å². The van der Waals surface area contributed by atoms with Gasteiger partial charge in [0.05, 0.1) is 0 Å². The highest BCUT2D eigenvalue weighted by atomic mass is 32.1. The van der Waals surface area contributed by atoms with Crippen molar-refractivity contribution in [1.82, 2.24) is 4.47 Å². The molecular weight excluding hydrogens is 138 g/mol. The Balaban J connectivity index is 4.06. The van der Waals surface area contributed by atoms with Crippen molar-refractivity contribution in [3.05, 3.63) is 0 Å². The Bertz CT molecular complexity index is 117. The fourth-order valence-electron chi connectivity index (χ4n) is 0.300. The van der Waals surface area contributed by atoms with E-state index in [1.807, 2.05) is 0 Å². The van der Waals surface area contributed by atoms with Gasteiger partial charge in [0.2, 0.25) is 0 Å². The Labute approximate surface area is 60.2 Å². The maximum atomic E-state index is 10.8. The minimum Gasteiger partial charge on any atom is -0.275 e. The van der Waals surface area contributed by atoms with Crippen LogP contribution >= 0.6 is 12.8 Å². The van der Waals surface area contributed by atoms with Crippen molar-refractivity contribution in [2.24, 2.45) is 5.41 Å². The second-order valence-electron chi connectivity index (χ2n) is 2.84. The molecule has 1 amide bonds. The zero-order valence-corrected chi connectivity index (χ0v) is 6.64. The van der Waals surface area contributed by atoms with Crippen molar-refractivity contribution in [3.8, 4) is 0 Å². The molecule has 0 saturated heterocycles. The average molecular weight is 149 g/mol. The van der Waals surface area contributed by atoms with Crippen LogP contribution in [0.25, 0.3) is 0 Å². The summed E-state index contributed by atoms with van der Waals surface area (Å²) < 4.78 is 0.306. The first-order chi connectivity index (χ1) is 3.85. The predicted molar refractivity (Wildman–Crippen MR) is 37.1 cm³/mol. The predicted octanol–water partition coefficient (Wildman–Crippen LogP) is 1.10. The zero-order valence-electron chi connectivity index (χ0n) is 5.75. The van der Waals surface area contributed by atoms with Gasteiger partial charge in [-0.05, 0) is 12.8 Å². The van der Waals surface area contributed by atoms with Crippen molar-refractivity contribution in [1.29, 1.82) is 0 Å². The summed E-state index contributed by atoms with van der Waals surface area (Å²) in [6.07, 6.45) is 0. The van der Waals surface area contributed by atoms with Gasteiger partial charge in [-0.2, -0.15) is 4.47 Å². The molecule has 0 fully saturated rings. The van der Waals surface area contributed by atoms with E-state index >= 15 is 0 Å². The van der Waals surface area contributed by atoms with E-state index in [-0.39, 0.29) is 0 Å². The largest absolute Gasteiger partial charge is 0.275 e. The van der Waals surface area contributed by atoms with Crippen LogP contribution in [0.15, 0.2) is 0 Å². The summed E-state index contributed by atoms with van der Waals surface area (Å²) in [5.74, 6) is -0.411. The number of hydrogen-bond donors (Lipinski definition) is 2. The van der Waals surface area contributed by atoms with E-state index in [9.17, 15) is 4.79 Å². The van der Waals surface area contributed by atoms with Crippen molar-refractivity contribution in [2.45, 2.75) is 20.8 Å². The van der Waals surface area contributed by atoms with Gasteiger partial charge >= 0.3 is 0 Å². The summed E-state index contributed by atoms with van der Waals surface area (Å²) in [4.78, 5) is 10.8. The van der Waals surface area contributed by atoms with Crippen molar-refractivity contribution < 1.29 is 10.0 Å². The molecule has 0 bridgehead atoms. The molecule has 0 aromatic carbocycles. The Kier molecular flexibility index (Phi) is 2.51. The van der Waals surface area contributed by atoms with Crippen LogP contribution in [0.3, 0.4) is 0 Å². The van der Waals surface area contributed by atoms with Gasteiger partial charge in [0.25, 0.3) is 5.91 Å². The van der Waals surface area contributed by atoms with Gasteiger partial charge in [-0.3, -0.25) is 10.0 Å². The molecule has 0 saturated carbocycles. The van der Waals surface area contributed by atoms with Crippen LogP contribution < -0.4 is 0 Å². The first-order valence-electron chi connectivity index (χ1n) is 2.58. The lowest BCUT2D eigenvalue weighted by atomic mass is 9.96. The van der Waals surface area contributed by atoms with E-state index in [1.54, 1.807) is 20.8 Å². The lowest BCUT2D eigenvalue weighted by molar-refractivity contribution is -0.152. The maximum absolute atomic E-state index is 10.8. The number of rotatable bonds is 0. The molecule has 3 nitrogen and oxygen atoms in total. The Morgan fingerprint density at radius 3 is 1.89 bits per heavy atom. The van der Waals surface area contributed by atoms with Crippen LogP contribution in [-0.4, -0.2) is 15.6 Å². The van der Waals surface area contributed by atoms with Crippen molar-refractivity contribution in [2.75, 3.05) is 0 Å². The summed E-state index contributed by atoms with van der Waals surface area (Å²) in [5, 5.41) is 8.50. The highest BCUT2D eigenvalue weighted by Gasteiger charge is 2.24. The monoisotopic (exact) mass is 149 g/mol. The SMILES string of the molecule is CC(C)(C)C(=O)N(O)S. The number of carbonyl (C=O) groups is 1. The molecule has 9 heavy (non-hydrogen) atoms. The van der Waals surface area contributed by atoms with Gasteiger partial charge in [0.1, 0.15) is 0 Å². The molecule has 0 aromatic heterocycles. The lowest BCUT2D eigenvalue weighted by Crippen LogP contribution is -2.30. The van der Waals surface area contributed by atoms with E-state index in [1.165, 1.54) is 0 Å². The Morgan fingerprint density at radius 2 is 1.89 bits per heavy atom. The highest BCUT2D eigenvalue weighted by molar-refractivity contribution is 7.78. The maximum Gasteiger partial charge on any atom is 0.261 e. The lowest BCUT2D eigenvalue weighted by Gasteiger charge is -2.18. The van der Waals surface area contributed by atoms with Gasteiger partial charge in [-0.25, -0.2) is 0 Å². The number of hydroxylamine groups is 1. The minimum atomic E-state index is -0.559. The molecule has 54 valence electrons. The fourth-order valence-corrected chi connectivity index (χ4v) is 0.600. The molecule has 0 heterocycles. The summed E-state index contributed by atoms with van der Waals surface area (Å²) in [5.41, 5.74) is -0.559. The third-order valence-electron chi connectivity index (χ3n) is 0.823. The smallest absolute Gasteiger partial charge is 0.261 e. The molecule has 0 spiro atoms. The van der Waals surface area contributed by atoms with Gasteiger partial charge < -0.3 is 0 Å². The van der Waals surface area contributed by atoms with E-state index in [2.05, 4.69) is 12.8 Å². The normalized spacial score (nSPS) is 11.2. The Hall–Kier alpha value is -0.220. The van der Waals surface area contributed by atoms with Crippen LogP contribution in [0, 0.1) is 5.41 Å². The second kappa shape index (κ2) is 2.58. The summed E-state index contributed by atoms with van der Waals surface area (Å²) >= 11 is 3.43. The van der Waals surface area contributed by atoms with E-state index in [4.69, 9.17) is 5.21 Å².